The van der Waals surface area contributed by atoms with Crippen LogP contribution >= 0.6 is 0 Å². The smallest absolute Gasteiger partial charge is 0.460 e. The SMILES string of the molecule is COCCOC(=O)c1ccc2c(c1)B(O)OC2. The van der Waals surface area contributed by atoms with Crippen LogP contribution in [-0.4, -0.2) is 38.4 Å². The monoisotopic (exact) mass is 236 g/mol. The van der Waals surface area contributed by atoms with E-state index < -0.39 is 13.1 Å². The van der Waals surface area contributed by atoms with Crippen molar-refractivity contribution in [1.82, 2.24) is 0 Å². The van der Waals surface area contributed by atoms with Crippen molar-refractivity contribution in [2.24, 2.45) is 0 Å². The lowest BCUT2D eigenvalue weighted by Crippen LogP contribution is -2.29. The highest BCUT2D eigenvalue weighted by Crippen LogP contribution is 2.12. The molecule has 0 spiro atoms. The fourth-order valence-electron chi connectivity index (χ4n) is 1.64. The molecule has 0 saturated heterocycles. The van der Waals surface area contributed by atoms with Crippen LogP contribution in [0.25, 0.3) is 0 Å². The van der Waals surface area contributed by atoms with Gasteiger partial charge in [0.1, 0.15) is 6.61 Å². The number of ether oxygens (including phenoxy) is 2. The third kappa shape index (κ3) is 2.66. The van der Waals surface area contributed by atoms with Crippen LogP contribution < -0.4 is 5.46 Å². The summed E-state index contributed by atoms with van der Waals surface area (Å²) in [6.07, 6.45) is 0. The topological polar surface area (TPSA) is 65.0 Å². The Labute approximate surface area is 99.4 Å². The van der Waals surface area contributed by atoms with Gasteiger partial charge in [-0.1, -0.05) is 6.07 Å². The molecule has 0 bridgehead atoms. The number of hydrogen-bond donors (Lipinski definition) is 1. The van der Waals surface area contributed by atoms with Crippen molar-refractivity contribution in [1.29, 1.82) is 0 Å². The molecule has 5 nitrogen and oxygen atoms in total. The molecule has 0 fully saturated rings. The van der Waals surface area contributed by atoms with Crippen LogP contribution in [0, 0.1) is 0 Å². The number of carbonyl (C=O) groups is 1. The summed E-state index contributed by atoms with van der Waals surface area (Å²) in [5, 5.41) is 9.51. The van der Waals surface area contributed by atoms with Crippen molar-refractivity contribution >= 4 is 18.6 Å². The molecule has 1 aliphatic heterocycles. The van der Waals surface area contributed by atoms with Gasteiger partial charge in [-0.2, -0.15) is 0 Å². The van der Waals surface area contributed by atoms with Gasteiger partial charge in [0.05, 0.1) is 18.8 Å². The number of benzene rings is 1. The summed E-state index contributed by atoms with van der Waals surface area (Å²) in [6, 6.07) is 5.02. The Balaban J connectivity index is 2.07. The van der Waals surface area contributed by atoms with Gasteiger partial charge in [0, 0.05) is 7.11 Å². The Morgan fingerprint density at radius 3 is 3.12 bits per heavy atom. The van der Waals surface area contributed by atoms with Crippen LogP contribution in [0.5, 0.6) is 0 Å². The summed E-state index contributed by atoms with van der Waals surface area (Å²) in [7, 11) is 0.591. The fraction of sp³-hybridized carbons (Fsp3) is 0.364. The van der Waals surface area contributed by atoms with E-state index in [4.69, 9.17) is 14.1 Å². The summed E-state index contributed by atoms with van der Waals surface area (Å²) >= 11 is 0. The van der Waals surface area contributed by atoms with E-state index in [1.165, 1.54) is 7.11 Å². The van der Waals surface area contributed by atoms with Crippen LogP contribution in [0.15, 0.2) is 18.2 Å². The first-order valence-electron chi connectivity index (χ1n) is 5.31. The molecule has 0 aromatic heterocycles. The van der Waals surface area contributed by atoms with Crippen LogP contribution in [-0.2, 0) is 20.7 Å². The van der Waals surface area contributed by atoms with Gasteiger partial charge in [-0.05, 0) is 23.2 Å². The van der Waals surface area contributed by atoms with Gasteiger partial charge in [-0.25, -0.2) is 4.79 Å². The molecule has 1 aromatic rings. The maximum atomic E-state index is 11.6. The van der Waals surface area contributed by atoms with Gasteiger partial charge in [-0.15, -0.1) is 0 Å². The summed E-state index contributed by atoms with van der Waals surface area (Å²) in [4.78, 5) is 11.6. The van der Waals surface area contributed by atoms with Gasteiger partial charge >= 0.3 is 13.1 Å². The summed E-state index contributed by atoms with van der Waals surface area (Å²) in [5.41, 5.74) is 1.93. The van der Waals surface area contributed by atoms with Crippen LogP contribution in [0.1, 0.15) is 15.9 Å². The minimum absolute atomic E-state index is 0.214. The average molecular weight is 236 g/mol. The maximum Gasteiger partial charge on any atom is 0.491 e. The molecule has 90 valence electrons. The number of rotatable bonds is 4. The van der Waals surface area contributed by atoms with E-state index in [2.05, 4.69) is 0 Å². The summed E-state index contributed by atoms with van der Waals surface area (Å²) in [6.45, 7) is 0.948. The van der Waals surface area contributed by atoms with Crippen molar-refractivity contribution in [2.75, 3.05) is 20.3 Å². The Bertz CT molecular complexity index is 420. The summed E-state index contributed by atoms with van der Waals surface area (Å²) < 4.78 is 14.8. The van der Waals surface area contributed by atoms with E-state index in [9.17, 15) is 9.82 Å². The second-order valence-corrected chi connectivity index (χ2v) is 3.71. The zero-order valence-electron chi connectivity index (χ0n) is 9.51. The quantitative estimate of drug-likeness (QED) is 0.442. The molecule has 0 saturated carbocycles. The zero-order chi connectivity index (χ0) is 12.3. The van der Waals surface area contributed by atoms with Crippen molar-refractivity contribution in [3.63, 3.8) is 0 Å². The molecule has 1 aromatic carbocycles. The second kappa shape index (κ2) is 5.31. The lowest BCUT2D eigenvalue weighted by molar-refractivity contribution is 0.0388. The normalized spacial score (nSPS) is 13.6. The predicted molar refractivity (Wildman–Crippen MR) is 61.0 cm³/mol. The highest BCUT2D eigenvalue weighted by Gasteiger charge is 2.28. The van der Waals surface area contributed by atoms with Gasteiger partial charge in [-0.3, -0.25) is 0 Å². The standard InChI is InChI=1S/C11H13BO5/c1-15-4-5-16-11(13)8-2-3-9-7-17-12(14)10(9)6-8/h2-3,6,14H,4-5,7H2,1H3. The molecular weight excluding hydrogens is 223 g/mol. The third-order valence-corrected chi connectivity index (χ3v) is 2.56. The van der Waals surface area contributed by atoms with Gasteiger partial charge in [0.2, 0.25) is 0 Å². The van der Waals surface area contributed by atoms with E-state index in [0.717, 1.165) is 5.56 Å². The number of hydrogen-bond acceptors (Lipinski definition) is 5. The van der Waals surface area contributed by atoms with Crippen LogP contribution in [0.3, 0.4) is 0 Å². The Morgan fingerprint density at radius 1 is 1.53 bits per heavy atom. The van der Waals surface area contributed by atoms with E-state index in [-0.39, 0.29) is 6.61 Å². The molecule has 0 amide bonds. The van der Waals surface area contributed by atoms with E-state index in [1.54, 1.807) is 18.2 Å². The zero-order valence-corrected chi connectivity index (χ0v) is 9.51. The lowest BCUT2D eigenvalue weighted by Gasteiger charge is -2.05. The molecule has 0 atom stereocenters. The molecule has 0 radical (unpaired) electrons. The number of carbonyl (C=O) groups excluding carboxylic acids is 1. The van der Waals surface area contributed by atoms with Gasteiger partial charge < -0.3 is 19.2 Å². The van der Waals surface area contributed by atoms with E-state index in [0.29, 0.717) is 24.2 Å². The molecule has 1 aliphatic rings. The second-order valence-electron chi connectivity index (χ2n) is 3.71. The largest absolute Gasteiger partial charge is 0.491 e. The average Bonchev–Trinajstić information content (AvgIpc) is 2.71. The number of fused-ring (bicyclic) bond motifs is 1. The fourth-order valence-corrected chi connectivity index (χ4v) is 1.64. The molecule has 6 heteroatoms. The van der Waals surface area contributed by atoms with Crippen LogP contribution in [0.2, 0.25) is 0 Å². The maximum absolute atomic E-state index is 11.6. The summed E-state index contributed by atoms with van der Waals surface area (Å²) in [5.74, 6) is -0.427. The molecule has 1 heterocycles. The van der Waals surface area contributed by atoms with Gasteiger partial charge in [0.25, 0.3) is 0 Å². The molecule has 2 rings (SSSR count). The van der Waals surface area contributed by atoms with Crippen molar-refractivity contribution in [3.8, 4) is 0 Å². The molecule has 1 N–H and O–H groups in total. The Morgan fingerprint density at radius 2 is 2.35 bits per heavy atom. The highest BCUT2D eigenvalue weighted by atomic mass is 16.6. The number of esters is 1. The van der Waals surface area contributed by atoms with E-state index >= 15 is 0 Å². The van der Waals surface area contributed by atoms with Crippen LogP contribution in [0.4, 0.5) is 0 Å². The first-order chi connectivity index (χ1) is 8.22. The molecular formula is C11H13BO5. The lowest BCUT2D eigenvalue weighted by atomic mass is 9.79. The Kier molecular flexibility index (Phi) is 3.78. The third-order valence-electron chi connectivity index (χ3n) is 2.56. The minimum Gasteiger partial charge on any atom is -0.460 e. The van der Waals surface area contributed by atoms with E-state index in [1.807, 2.05) is 0 Å². The van der Waals surface area contributed by atoms with Crippen molar-refractivity contribution in [3.05, 3.63) is 29.3 Å². The van der Waals surface area contributed by atoms with Crippen molar-refractivity contribution < 1.29 is 23.9 Å². The predicted octanol–water partition coefficient (Wildman–Crippen LogP) is -0.292. The molecule has 0 aliphatic carbocycles. The number of methoxy groups -OCH3 is 1. The first kappa shape index (κ1) is 12.1. The molecule has 0 unspecified atom stereocenters. The first-order valence-corrected chi connectivity index (χ1v) is 5.31. The van der Waals surface area contributed by atoms with Crippen molar-refractivity contribution in [2.45, 2.75) is 6.61 Å². The highest BCUT2D eigenvalue weighted by molar-refractivity contribution is 6.61. The Hall–Kier alpha value is -1.37. The molecule has 17 heavy (non-hydrogen) atoms. The van der Waals surface area contributed by atoms with Gasteiger partial charge in [0.15, 0.2) is 0 Å². The minimum atomic E-state index is -0.947.